The van der Waals surface area contributed by atoms with Gasteiger partial charge in [-0.25, -0.2) is 9.97 Å². The van der Waals surface area contributed by atoms with E-state index >= 15 is 0 Å². The molecule has 0 unspecified atom stereocenters. The van der Waals surface area contributed by atoms with Crippen molar-refractivity contribution in [3.8, 4) is 11.5 Å². The summed E-state index contributed by atoms with van der Waals surface area (Å²) in [5.74, 6) is 2.84. The van der Waals surface area contributed by atoms with Gasteiger partial charge in [-0.15, -0.1) is 11.3 Å². The normalized spacial score (nSPS) is 22.4. The molecule has 158 valence electrons. The Morgan fingerprint density at radius 3 is 2.80 bits per heavy atom. The zero-order valence-corrected chi connectivity index (χ0v) is 17.8. The van der Waals surface area contributed by atoms with Crippen molar-refractivity contribution < 1.29 is 14.6 Å². The summed E-state index contributed by atoms with van der Waals surface area (Å²) in [5.41, 5.74) is 0.997. The number of ether oxygens (including phenoxy) is 2. The number of hydrogen-bond acceptors (Lipinski definition) is 7. The Balaban J connectivity index is 1.30. The van der Waals surface area contributed by atoms with Gasteiger partial charge in [-0.1, -0.05) is 12.8 Å². The topological polar surface area (TPSA) is 67.7 Å². The van der Waals surface area contributed by atoms with Gasteiger partial charge < -0.3 is 19.5 Å². The molecule has 0 spiro atoms. The molecule has 0 bridgehead atoms. The average molecular weight is 426 g/mol. The highest BCUT2D eigenvalue weighted by Crippen LogP contribution is 2.33. The molecule has 2 fully saturated rings. The molecule has 1 saturated heterocycles. The van der Waals surface area contributed by atoms with Gasteiger partial charge in [0.05, 0.1) is 34.5 Å². The molecular weight excluding hydrogens is 398 g/mol. The first-order valence-corrected chi connectivity index (χ1v) is 11.6. The van der Waals surface area contributed by atoms with Crippen LogP contribution in [0.1, 0.15) is 30.7 Å². The van der Waals surface area contributed by atoms with Crippen molar-refractivity contribution >= 4 is 27.4 Å². The minimum atomic E-state index is -0.183. The monoisotopic (exact) mass is 425 g/mol. The molecule has 30 heavy (non-hydrogen) atoms. The number of benzene rings is 1. The molecule has 0 radical (unpaired) electrons. The number of anilines is 1. The van der Waals surface area contributed by atoms with E-state index < -0.39 is 0 Å². The van der Waals surface area contributed by atoms with Gasteiger partial charge in [0.1, 0.15) is 17.3 Å². The summed E-state index contributed by atoms with van der Waals surface area (Å²) in [7, 11) is 0. The number of pyridine rings is 1. The SMILES string of the molecule is O[C@@H]1CCCC[C@H]1Cc1nc2ccc(Oc3ccnc(N4CCOCC4)c3)cc2s1. The smallest absolute Gasteiger partial charge is 0.132 e. The minimum absolute atomic E-state index is 0.183. The Bertz CT molecular complexity index is 1000. The molecule has 3 heterocycles. The first-order valence-electron chi connectivity index (χ1n) is 10.8. The van der Waals surface area contributed by atoms with Gasteiger partial charge in [0.25, 0.3) is 0 Å². The van der Waals surface area contributed by atoms with Gasteiger partial charge in [0, 0.05) is 37.8 Å². The van der Waals surface area contributed by atoms with Gasteiger partial charge in [-0.2, -0.15) is 0 Å². The third-order valence-corrected chi connectivity index (χ3v) is 7.04. The maximum Gasteiger partial charge on any atom is 0.132 e. The summed E-state index contributed by atoms with van der Waals surface area (Å²) in [5, 5.41) is 11.4. The van der Waals surface area contributed by atoms with Crippen molar-refractivity contribution in [2.75, 3.05) is 31.2 Å². The van der Waals surface area contributed by atoms with Crippen LogP contribution < -0.4 is 9.64 Å². The highest BCUT2D eigenvalue weighted by atomic mass is 32.1. The van der Waals surface area contributed by atoms with Crippen LogP contribution in [0, 0.1) is 5.92 Å². The van der Waals surface area contributed by atoms with Crippen LogP contribution in [0.15, 0.2) is 36.5 Å². The number of thiazole rings is 1. The zero-order valence-electron chi connectivity index (χ0n) is 17.0. The molecule has 2 aliphatic rings. The maximum atomic E-state index is 10.3. The minimum Gasteiger partial charge on any atom is -0.457 e. The summed E-state index contributed by atoms with van der Waals surface area (Å²) < 4.78 is 12.7. The number of rotatable bonds is 5. The fourth-order valence-electron chi connectivity index (χ4n) is 4.32. The number of hydrogen-bond donors (Lipinski definition) is 1. The Kier molecular flexibility index (Phi) is 5.84. The lowest BCUT2D eigenvalue weighted by molar-refractivity contribution is 0.0700. The molecule has 0 amide bonds. The van der Waals surface area contributed by atoms with Crippen LogP contribution >= 0.6 is 11.3 Å². The van der Waals surface area contributed by atoms with Gasteiger partial charge in [0.15, 0.2) is 0 Å². The van der Waals surface area contributed by atoms with Crippen LogP contribution in [-0.2, 0) is 11.2 Å². The van der Waals surface area contributed by atoms with Gasteiger partial charge in [0.2, 0.25) is 0 Å². The second kappa shape index (κ2) is 8.88. The molecule has 1 aliphatic carbocycles. The van der Waals surface area contributed by atoms with Crippen molar-refractivity contribution in [1.82, 2.24) is 9.97 Å². The molecule has 6 nitrogen and oxygen atoms in total. The van der Waals surface area contributed by atoms with Crippen LogP contribution in [-0.4, -0.2) is 47.5 Å². The van der Waals surface area contributed by atoms with Gasteiger partial charge in [-0.3, -0.25) is 0 Å². The number of morpholine rings is 1. The van der Waals surface area contributed by atoms with Gasteiger partial charge >= 0.3 is 0 Å². The number of aliphatic hydroxyl groups is 1. The third-order valence-electron chi connectivity index (χ3n) is 6.00. The summed E-state index contributed by atoms with van der Waals surface area (Å²) in [6.45, 7) is 3.16. The summed E-state index contributed by atoms with van der Waals surface area (Å²) in [6, 6.07) is 9.92. The van der Waals surface area contributed by atoms with E-state index in [0.717, 1.165) is 84.5 Å². The van der Waals surface area contributed by atoms with Crippen LogP contribution in [0.5, 0.6) is 11.5 Å². The van der Waals surface area contributed by atoms with Crippen LogP contribution in [0.2, 0.25) is 0 Å². The Labute approximate surface area is 180 Å². The number of aromatic nitrogens is 2. The van der Waals surface area contributed by atoms with Crippen molar-refractivity contribution in [2.24, 2.45) is 5.92 Å². The lowest BCUT2D eigenvalue weighted by atomic mass is 9.84. The Morgan fingerprint density at radius 2 is 1.93 bits per heavy atom. The van der Waals surface area contributed by atoms with E-state index in [2.05, 4.69) is 16.0 Å². The quantitative estimate of drug-likeness (QED) is 0.653. The second-order valence-corrected chi connectivity index (χ2v) is 9.22. The van der Waals surface area contributed by atoms with E-state index in [4.69, 9.17) is 14.5 Å². The number of aliphatic hydroxyl groups excluding tert-OH is 1. The molecule has 1 aliphatic heterocycles. The summed E-state index contributed by atoms with van der Waals surface area (Å²) in [6.07, 6.45) is 6.84. The molecule has 1 saturated carbocycles. The van der Waals surface area contributed by atoms with E-state index in [-0.39, 0.29) is 6.10 Å². The van der Waals surface area contributed by atoms with E-state index in [1.54, 1.807) is 17.5 Å². The van der Waals surface area contributed by atoms with Gasteiger partial charge in [-0.05, 0) is 37.0 Å². The largest absolute Gasteiger partial charge is 0.457 e. The highest BCUT2D eigenvalue weighted by molar-refractivity contribution is 7.18. The molecule has 7 heteroatoms. The van der Waals surface area contributed by atoms with Crippen LogP contribution in [0.25, 0.3) is 10.2 Å². The van der Waals surface area contributed by atoms with Crippen molar-refractivity contribution in [3.63, 3.8) is 0 Å². The number of nitrogens with zero attached hydrogens (tertiary/aromatic N) is 3. The van der Waals surface area contributed by atoms with Crippen LogP contribution in [0.3, 0.4) is 0 Å². The summed E-state index contributed by atoms with van der Waals surface area (Å²) >= 11 is 1.71. The highest BCUT2D eigenvalue weighted by Gasteiger charge is 2.24. The van der Waals surface area contributed by atoms with E-state index in [9.17, 15) is 5.11 Å². The van der Waals surface area contributed by atoms with Crippen LogP contribution in [0.4, 0.5) is 5.82 Å². The Hall–Kier alpha value is -2.22. The molecule has 2 atom stereocenters. The maximum absolute atomic E-state index is 10.3. The lowest BCUT2D eigenvalue weighted by Crippen LogP contribution is -2.36. The first kappa shape index (κ1) is 19.7. The van der Waals surface area contributed by atoms with E-state index in [1.807, 2.05) is 24.3 Å². The second-order valence-electron chi connectivity index (χ2n) is 8.10. The third kappa shape index (κ3) is 4.43. The zero-order chi connectivity index (χ0) is 20.3. The first-order chi connectivity index (χ1) is 14.7. The van der Waals surface area contributed by atoms with E-state index in [0.29, 0.717) is 5.92 Å². The molecule has 1 aromatic carbocycles. The average Bonchev–Trinajstić information content (AvgIpc) is 3.18. The molecular formula is C23H27N3O3S. The van der Waals surface area contributed by atoms with Crippen molar-refractivity contribution in [2.45, 2.75) is 38.2 Å². The predicted octanol–water partition coefficient (Wildman–Crippen LogP) is 4.41. The number of fused-ring (bicyclic) bond motifs is 1. The molecule has 2 aromatic heterocycles. The predicted molar refractivity (Wildman–Crippen MR) is 119 cm³/mol. The summed E-state index contributed by atoms with van der Waals surface area (Å²) in [4.78, 5) is 11.5. The standard InChI is InChI=1S/C23H27N3O3S/c27-20-4-2-1-3-16(20)13-23-25-19-6-5-17(14-21(19)30-23)29-18-7-8-24-22(15-18)26-9-11-28-12-10-26/h5-8,14-16,20,27H,1-4,9-13H2/t16-,20+/m0/s1. The Morgan fingerprint density at radius 1 is 1.10 bits per heavy atom. The van der Waals surface area contributed by atoms with Crippen molar-refractivity contribution in [1.29, 1.82) is 0 Å². The molecule has 5 rings (SSSR count). The lowest BCUT2D eigenvalue weighted by Gasteiger charge is -2.27. The fourth-order valence-corrected chi connectivity index (χ4v) is 5.41. The molecule has 1 N–H and O–H groups in total. The van der Waals surface area contributed by atoms with Crippen molar-refractivity contribution in [3.05, 3.63) is 41.5 Å². The molecule has 3 aromatic rings. The van der Waals surface area contributed by atoms with E-state index in [1.165, 1.54) is 6.42 Å². The fraction of sp³-hybridized carbons (Fsp3) is 0.478.